The maximum absolute atomic E-state index is 14.0. The minimum Gasteiger partial charge on any atom is -0.478 e. The fourth-order valence-corrected chi connectivity index (χ4v) is 5.94. The van der Waals surface area contributed by atoms with E-state index in [1.165, 1.54) is 0 Å². The summed E-state index contributed by atoms with van der Waals surface area (Å²) in [5.41, 5.74) is 0. The quantitative estimate of drug-likeness (QED) is 0.0255. The van der Waals surface area contributed by atoms with Crippen LogP contribution in [0.3, 0.4) is 0 Å². The number of hydrogen-bond acceptors (Lipinski definition) is 16. The lowest BCUT2D eigenvalue weighted by Gasteiger charge is -2.32. The van der Waals surface area contributed by atoms with Crippen molar-refractivity contribution in [3.05, 3.63) is 25.3 Å². The molecule has 592 valence electrons. The molecule has 0 aromatic rings. The molecule has 0 bridgehead atoms. The number of rotatable bonds is 45. The van der Waals surface area contributed by atoms with Gasteiger partial charge in [-0.2, -0.15) is 182 Å². The highest BCUT2D eigenvalue weighted by molar-refractivity contribution is 7.99. The molecule has 0 aliphatic rings. The molecule has 15 nitrogen and oxygen atoms in total. The topological polar surface area (TPSA) is 176 Å². The van der Waals surface area contributed by atoms with Crippen molar-refractivity contribution in [1.82, 2.24) is 0 Å². The van der Waals surface area contributed by atoms with Crippen molar-refractivity contribution in [2.75, 3.05) is 75.9 Å². The number of carbonyl (C=O) groups is 2. The van der Waals surface area contributed by atoms with E-state index in [4.69, 9.17) is 10.2 Å². The van der Waals surface area contributed by atoms with Gasteiger partial charge in [0.25, 0.3) is 25.4 Å². The molecule has 6 atom stereocenters. The van der Waals surface area contributed by atoms with Crippen LogP contribution in [-0.2, 0) is 61.7 Å². The average Bonchev–Trinajstić information content (AvgIpc) is 0.792. The lowest BCUT2D eigenvalue weighted by atomic mass is 10.3. The summed E-state index contributed by atoms with van der Waals surface area (Å²) >= 11 is 2.06. The Labute approximate surface area is 531 Å². The van der Waals surface area contributed by atoms with Gasteiger partial charge in [0.2, 0.25) is 0 Å². The molecule has 99 heavy (non-hydrogen) atoms. The SMILES string of the molecule is C=CC(=O)O.C=CC(=O)OCCSCCCOCC(COC(F)(F)C(F)OC(F)(F)C(F)(F)C(F)(F)F)OC(F)(F)C(F)OC(F)(F)C(F)(F)C(F)(F)F.OCCSCCCOCC(COC(F)(F)C(F)OC(F)(F)C(F)(F)C(F)(F)F)OC(F)(F)C(F)OC(F)(F)C(F)(F)C(F)(F)F. The Balaban J connectivity index is -0.00000174. The number of aliphatic carboxylic acids is 1. The van der Waals surface area contributed by atoms with E-state index in [2.05, 4.69) is 65.3 Å². The summed E-state index contributed by atoms with van der Waals surface area (Å²) in [6.45, 7) is -3.79. The molecule has 0 aromatic carbocycles. The maximum Gasteiger partial charge on any atom is 0.462 e. The minimum atomic E-state index is -7.33. The summed E-state index contributed by atoms with van der Waals surface area (Å²) in [6, 6.07) is 0. The van der Waals surface area contributed by atoms with E-state index < -0.39 is 186 Å². The number of aliphatic hydroxyl groups is 1. The smallest absolute Gasteiger partial charge is 0.462 e. The fraction of sp³-hybridized carbons (Fsp3) is 0.857. The summed E-state index contributed by atoms with van der Waals surface area (Å²) in [5, 5.41) is 16.2. The highest BCUT2D eigenvalue weighted by atomic mass is 32.2. The van der Waals surface area contributed by atoms with Crippen LogP contribution in [0.25, 0.3) is 0 Å². The summed E-state index contributed by atoms with van der Waals surface area (Å²) in [7, 11) is 0. The number of carbonyl (C=O) groups excluding carboxylic acids is 1. The van der Waals surface area contributed by atoms with Gasteiger partial charge in [0.15, 0.2) is 0 Å². The fourth-order valence-electron chi connectivity index (χ4n) is 4.56. The van der Waals surface area contributed by atoms with Crippen molar-refractivity contribution in [1.29, 1.82) is 0 Å². The number of halogens is 40. The predicted octanol–water partition coefficient (Wildman–Crippen LogP) is 14.8. The molecule has 0 aliphatic carbocycles. The largest absolute Gasteiger partial charge is 0.478 e. The molecule has 0 heterocycles. The van der Waals surface area contributed by atoms with Gasteiger partial charge < -0.3 is 43.4 Å². The van der Waals surface area contributed by atoms with Crippen LogP contribution in [0.15, 0.2) is 25.3 Å². The zero-order valence-electron chi connectivity index (χ0n) is 47.1. The van der Waals surface area contributed by atoms with E-state index in [0.717, 1.165) is 35.7 Å². The molecule has 0 fully saturated rings. The van der Waals surface area contributed by atoms with Gasteiger partial charge in [-0.05, 0) is 24.3 Å². The Morgan fingerprint density at radius 1 is 0.364 bits per heavy atom. The molecule has 6 unspecified atom stereocenters. The Morgan fingerprint density at radius 2 is 0.616 bits per heavy atom. The van der Waals surface area contributed by atoms with Gasteiger partial charge in [-0.15, -0.1) is 0 Å². The highest BCUT2D eigenvalue weighted by Crippen LogP contribution is 2.53. The molecule has 0 saturated heterocycles. The second kappa shape index (κ2) is 38.6. The number of carboxylic acids is 1. The standard InChI is InChI=1S/C21H20F20O7S.C18H18F20O6S.C3H4O2/c1-2-11(42)44-5-7-49-6-3-4-43-8-10(46-15(26,27)13(23)48-21(40,41)17(30,31)19(35,36)37)9-45-14(24,25)12(22)47-20(38,39)16(28,29)18(32,33)34;19-9(43-17(35,36)13(25,26)15(29,30)31)11(21,22)41-7-8(6-40-3-1-4-45-5-2-39)42-12(23,24)10(20)44-18(37,38)14(27,28)16(32,33)34;1-2-3(4)5/h2,10,12-13H,1,3-9H2;8-10,39H,1-7H2;2H,1H2,(H,4,5). The van der Waals surface area contributed by atoms with E-state index in [-0.39, 0.29) is 49.1 Å². The monoisotopic (exact) mass is 1610 g/mol. The zero-order valence-corrected chi connectivity index (χ0v) is 48.7. The summed E-state index contributed by atoms with van der Waals surface area (Å²) in [6.07, 6.45) is -108. The van der Waals surface area contributed by atoms with Gasteiger partial charge in [-0.25, -0.2) is 27.2 Å². The Kier molecular flexibility index (Phi) is 38.6. The first-order valence-corrected chi connectivity index (χ1v) is 26.5. The van der Waals surface area contributed by atoms with Gasteiger partial charge in [-0.3, -0.25) is 18.9 Å². The predicted molar refractivity (Wildman–Crippen MR) is 241 cm³/mol. The van der Waals surface area contributed by atoms with Crippen LogP contribution in [-0.4, -0.2) is 233 Å². The average molecular weight is 1610 g/mol. The minimum absolute atomic E-state index is 0.0719. The molecule has 57 heteroatoms. The van der Waals surface area contributed by atoms with Gasteiger partial charge in [0.1, 0.15) is 18.8 Å². The van der Waals surface area contributed by atoms with Crippen molar-refractivity contribution in [2.24, 2.45) is 0 Å². The third-order valence-corrected chi connectivity index (χ3v) is 11.4. The van der Waals surface area contributed by atoms with Crippen molar-refractivity contribution in [3.8, 4) is 0 Å². The van der Waals surface area contributed by atoms with E-state index >= 15 is 0 Å². The lowest BCUT2D eigenvalue weighted by molar-refractivity contribution is -0.472. The molecule has 0 spiro atoms. The van der Waals surface area contributed by atoms with Gasteiger partial charge >= 0.3 is 109 Å². The second-order valence-corrected chi connectivity index (χ2v) is 19.6. The summed E-state index contributed by atoms with van der Waals surface area (Å²) < 4.78 is 554. The van der Waals surface area contributed by atoms with E-state index in [9.17, 15) is 185 Å². The number of aliphatic hydroxyl groups excluding tert-OH is 1. The van der Waals surface area contributed by atoms with Crippen LogP contribution >= 0.6 is 23.5 Å². The molecule has 0 rings (SSSR count). The first-order chi connectivity index (χ1) is 44.0. The molecule has 0 aromatic heterocycles. The Hall–Kier alpha value is -4.12. The van der Waals surface area contributed by atoms with Crippen LogP contribution in [0.4, 0.5) is 176 Å². The Bertz CT molecular complexity index is 2380. The molecule has 0 amide bonds. The number of esters is 1. The lowest BCUT2D eigenvalue weighted by Crippen LogP contribution is -2.56. The second-order valence-electron chi connectivity index (χ2n) is 17.2. The molecule has 0 radical (unpaired) electrons. The first-order valence-electron chi connectivity index (χ1n) is 24.2. The number of hydrogen-bond donors (Lipinski definition) is 2. The molecule has 0 saturated carbocycles. The van der Waals surface area contributed by atoms with Gasteiger partial charge in [0, 0.05) is 36.9 Å². The summed E-state index contributed by atoms with van der Waals surface area (Å²) in [4.78, 5) is 20.1. The van der Waals surface area contributed by atoms with Crippen LogP contribution in [0, 0.1) is 0 Å². The van der Waals surface area contributed by atoms with E-state index in [1.807, 2.05) is 0 Å². The zero-order chi connectivity index (χ0) is 79.1. The van der Waals surface area contributed by atoms with E-state index in [1.54, 1.807) is 0 Å². The van der Waals surface area contributed by atoms with Crippen LogP contribution < -0.4 is 0 Å². The van der Waals surface area contributed by atoms with Crippen molar-refractivity contribution >= 4 is 35.5 Å². The van der Waals surface area contributed by atoms with Crippen LogP contribution in [0.5, 0.6) is 0 Å². The molecular formula is C42H42F40O15S2. The van der Waals surface area contributed by atoms with Gasteiger partial charge in [0.05, 0.1) is 33.0 Å². The summed E-state index contributed by atoms with van der Waals surface area (Å²) in [5.74, 6) is -30.6. The van der Waals surface area contributed by atoms with Crippen molar-refractivity contribution in [3.63, 3.8) is 0 Å². The normalized spacial score (nSPS) is 16.1. The van der Waals surface area contributed by atoms with Crippen LogP contribution in [0.1, 0.15) is 12.8 Å². The molecular weight excluding hydrogens is 1570 g/mol. The number of thioether (sulfide) groups is 2. The van der Waals surface area contributed by atoms with Gasteiger partial charge in [-0.1, -0.05) is 13.2 Å². The third-order valence-electron chi connectivity index (χ3n) is 9.33. The third kappa shape index (κ3) is 31.4. The number of ether oxygens (including phenoxy) is 11. The first kappa shape index (κ1) is 99.1. The highest BCUT2D eigenvalue weighted by Gasteiger charge is 2.79. The number of alkyl halides is 40. The molecule has 0 aliphatic heterocycles. The van der Waals surface area contributed by atoms with E-state index in [0.29, 0.717) is 0 Å². The van der Waals surface area contributed by atoms with Crippen molar-refractivity contribution < 1.29 is 248 Å². The maximum atomic E-state index is 14.0. The number of carboxylic acid groups (broad SMARTS) is 1. The molecule has 2 N–H and O–H groups in total. The van der Waals surface area contributed by atoms with Crippen molar-refractivity contribution in [2.45, 2.75) is 148 Å². The Morgan fingerprint density at radius 3 is 0.848 bits per heavy atom. The van der Waals surface area contributed by atoms with Crippen LogP contribution in [0.2, 0.25) is 0 Å².